The molecule has 2 heterocycles. The molecule has 0 aliphatic heterocycles. The molecular weight excluding hydrogens is 318 g/mol. The number of nitrogens with zero attached hydrogens (tertiary/aromatic N) is 4. The van der Waals surface area contributed by atoms with E-state index in [1.165, 1.54) is 23.6 Å². The van der Waals surface area contributed by atoms with Crippen LogP contribution in [0.3, 0.4) is 0 Å². The van der Waals surface area contributed by atoms with Crippen LogP contribution >= 0.6 is 11.3 Å². The topological polar surface area (TPSA) is 102 Å². The summed E-state index contributed by atoms with van der Waals surface area (Å²) in [5.41, 5.74) is 3.59. The van der Waals surface area contributed by atoms with Gasteiger partial charge in [-0.25, -0.2) is 10.4 Å². The summed E-state index contributed by atoms with van der Waals surface area (Å²) >= 11 is 1.42. The molecule has 0 saturated heterocycles. The number of carbonyl (C=O) groups is 1. The van der Waals surface area contributed by atoms with Crippen LogP contribution < -0.4 is 5.43 Å². The highest BCUT2D eigenvalue weighted by Gasteiger charge is 2.17. The number of aryl methyl sites for hydroxylation is 1. The smallest absolute Gasteiger partial charge is 0.286 e. The van der Waals surface area contributed by atoms with E-state index in [1.54, 1.807) is 35.7 Å². The second kappa shape index (κ2) is 5.97. The zero-order valence-electron chi connectivity index (χ0n) is 12.0. The van der Waals surface area contributed by atoms with Crippen molar-refractivity contribution < 1.29 is 9.72 Å². The fourth-order valence-electron chi connectivity index (χ4n) is 2.14. The lowest BCUT2D eigenvalue weighted by Crippen LogP contribution is -2.20. The predicted octanol–water partition coefficient (Wildman–Crippen LogP) is 2.38. The first-order valence-electron chi connectivity index (χ1n) is 6.57. The van der Waals surface area contributed by atoms with E-state index in [0.717, 1.165) is 4.96 Å². The lowest BCUT2D eigenvalue weighted by Gasteiger charge is -2.00. The summed E-state index contributed by atoms with van der Waals surface area (Å²) in [6.45, 7) is 1.74. The van der Waals surface area contributed by atoms with Gasteiger partial charge in [-0.15, -0.1) is 11.3 Å². The molecule has 2 aromatic heterocycles. The molecule has 0 unspecified atom stereocenters. The highest BCUT2D eigenvalue weighted by Crippen LogP contribution is 2.17. The average molecular weight is 329 g/mol. The number of hydrogen-bond donors (Lipinski definition) is 1. The highest BCUT2D eigenvalue weighted by molar-refractivity contribution is 7.15. The number of amides is 1. The lowest BCUT2D eigenvalue weighted by molar-refractivity contribution is -0.385. The minimum atomic E-state index is -0.501. The van der Waals surface area contributed by atoms with E-state index in [1.807, 2.05) is 5.38 Å². The Balaban J connectivity index is 1.81. The minimum Gasteiger partial charge on any atom is -0.286 e. The van der Waals surface area contributed by atoms with Gasteiger partial charge in [0.25, 0.3) is 11.6 Å². The fraction of sp³-hybridized carbons (Fsp3) is 0.0714. The van der Waals surface area contributed by atoms with Crippen molar-refractivity contribution in [3.05, 3.63) is 62.9 Å². The van der Waals surface area contributed by atoms with E-state index in [-0.39, 0.29) is 5.69 Å². The molecule has 3 aromatic rings. The molecule has 0 atom stereocenters. The van der Waals surface area contributed by atoms with Gasteiger partial charge < -0.3 is 0 Å². The number of carbonyl (C=O) groups excluding carboxylic acids is 1. The average Bonchev–Trinajstić information content (AvgIpc) is 3.07. The van der Waals surface area contributed by atoms with Crippen LogP contribution in [0.2, 0.25) is 0 Å². The molecule has 0 bridgehead atoms. The van der Waals surface area contributed by atoms with Gasteiger partial charge in [0.2, 0.25) is 0 Å². The number of nitro benzene ring substituents is 1. The van der Waals surface area contributed by atoms with Gasteiger partial charge in [0.1, 0.15) is 5.69 Å². The molecule has 1 aromatic carbocycles. The van der Waals surface area contributed by atoms with Gasteiger partial charge in [0, 0.05) is 17.6 Å². The zero-order chi connectivity index (χ0) is 16.4. The van der Waals surface area contributed by atoms with Gasteiger partial charge in [0.05, 0.1) is 22.4 Å². The Kier molecular flexibility index (Phi) is 3.85. The number of aromatic nitrogens is 2. The summed E-state index contributed by atoms with van der Waals surface area (Å²) in [4.78, 5) is 27.6. The van der Waals surface area contributed by atoms with Crippen LogP contribution in [0.25, 0.3) is 4.96 Å². The van der Waals surface area contributed by atoms with Crippen molar-refractivity contribution in [3.8, 4) is 0 Å². The lowest BCUT2D eigenvalue weighted by atomic mass is 10.2. The summed E-state index contributed by atoms with van der Waals surface area (Å²) in [6.07, 6.45) is 3.00. The molecular formula is C14H11N5O3S. The Labute approximate surface area is 134 Å². The molecule has 0 radical (unpaired) electrons. The number of nitro groups is 1. The van der Waals surface area contributed by atoms with Crippen molar-refractivity contribution in [2.75, 3.05) is 0 Å². The third-order valence-electron chi connectivity index (χ3n) is 3.15. The Morgan fingerprint density at radius 3 is 3.04 bits per heavy atom. The summed E-state index contributed by atoms with van der Waals surface area (Å²) in [7, 11) is 0. The van der Waals surface area contributed by atoms with Crippen molar-refractivity contribution in [1.82, 2.24) is 14.8 Å². The Hall–Kier alpha value is -3.07. The summed E-state index contributed by atoms with van der Waals surface area (Å²) in [5.74, 6) is -0.428. The van der Waals surface area contributed by atoms with E-state index in [0.29, 0.717) is 17.0 Å². The molecule has 9 heteroatoms. The number of para-hydroxylation sites is 1. The maximum absolute atomic E-state index is 12.2. The Bertz CT molecular complexity index is 928. The number of rotatable bonds is 4. The van der Waals surface area contributed by atoms with Crippen molar-refractivity contribution in [3.63, 3.8) is 0 Å². The van der Waals surface area contributed by atoms with Crippen LogP contribution in [0.5, 0.6) is 0 Å². The molecule has 8 nitrogen and oxygen atoms in total. The first kappa shape index (κ1) is 14.9. The second-order valence-electron chi connectivity index (χ2n) is 4.62. The highest BCUT2D eigenvalue weighted by atomic mass is 32.1. The number of fused-ring (bicyclic) bond motifs is 1. The van der Waals surface area contributed by atoms with Gasteiger partial charge in [-0.1, -0.05) is 12.1 Å². The molecule has 23 heavy (non-hydrogen) atoms. The maximum atomic E-state index is 12.2. The molecule has 1 N–H and O–H groups in total. The van der Waals surface area contributed by atoms with E-state index in [9.17, 15) is 14.9 Å². The largest absolute Gasteiger partial charge is 0.290 e. The first-order chi connectivity index (χ1) is 11.1. The molecule has 0 aliphatic carbocycles. The quantitative estimate of drug-likeness (QED) is 0.451. The number of imidazole rings is 1. The van der Waals surface area contributed by atoms with Crippen LogP contribution in [0, 0.1) is 17.0 Å². The molecule has 116 valence electrons. The van der Waals surface area contributed by atoms with Crippen molar-refractivity contribution in [2.45, 2.75) is 6.92 Å². The molecule has 0 aliphatic rings. The van der Waals surface area contributed by atoms with Crippen LogP contribution in [-0.4, -0.2) is 26.4 Å². The van der Waals surface area contributed by atoms with Crippen LogP contribution in [0.1, 0.15) is 21.7 Å². The van der Waals surface area contributed by atoms with Crippen molar-refractivity contribution >= 4 is 34.1 Å². The standard InChI is InChI=1S/C14H11N5O3S/c1-9-12(18-6-7-23-14(18)16-9)13(20)17-15-8-10-4-2-3-5-11(10)19(21)22/h2-8H,1H3,(H,17,20). The van der Waals surface area contributed by atoms with Crippen LogP contribution in [0.4, 0.5) is 5.69 Å². The minimum absolute atomic E-state index is 0.0775. The Morgan fingerprint density at radius 2 is 2.26 bits per heavy atom. The van der Waals surface area contributed by atoms with Gasteiger partial charge in [-0.05, 0) is 13.0 Å². The number of benzene rings is 1. The predicted molar refractivity (Wildman–Crippen MR) is 86.0 cm³/mol. The van der Waals surface area contributed by atoms with E-state index >= 15 is 0 Å². The molecule has 0 fully saturated rings. The number of hydrogen-bond acceptors (Lipinski definition) is 6. The number of nitrogens with one attached hydrogen (secondary N) is 1. The van der Waals surface area contributed by atoms with Crippen LogP contribution in [-0.2, 0) is 0 Å². The van der Waals surface area contributed by atoms with Crippen molar-refractivity contribution in [2.24, 2.45) is 5.10 Å². The maximum Gasteiger partial charge on any atom is 0.290 e. The fourth-order valence-corrected chi connectivity index (χ4v) is 2.90. The second-order valence-corrected chi connectivity index (χ2v) is 5.49. The monoisotopic (exact) mass is 329 g/mol. The van der Waals surface area contributed by atoms with E-state index in [2.05, 4.69) is 15.5 Å². The van der Waals surface area contributed by atoms with Gasteiger partial charge in [-0.3, -0.25) is 19.3 Å². The zero-order valence-corrected chi connectivity index (χ0v) is 12.8. The summed E-state index contributed by atoms with van der Waals surface area (Å²) in [5, 5.41) is 16.5. The van der Waals surface area contributed by atoms with Crippen molar-refractivity contribution in [1.29, 1.82) is 0 Å². The Morgan fingerprint density at radius 1 is 1.48 bits per heavy atom. The molecule has 3 rings (SSSR count). The molecule has 0 spiro atoms. The summed E-state index contributed by atoms with van der Waals surface area (Å²) in [6, 6.07) is 6.15. The molecule has 1 amide bonds. The van der Waals surface area contributed by atoms with Gasteiger partial charge in [-0.2, -0.15) is 5.10 Å². The van der Waals surface area contributed by atoms with E-state index < -0.39 is 10.8 Å². The molecule has 0 saturated carbocycles. The number of thiazole rings is 1. The third-order valence-corrected chi connectivity index (χ3v) is 3.91. The SMILES string of the molecule is Cc1nc2sccn2c1C(=O)NN=Cc1ccccc1[N+](=O)[O-]. The third kappa shape index (κ3) is 2.81. The van der Waals surface area contributed by atoms with Gasteiger partial charge >= 0.3 is 0 Å². The number of hydrazone groups is 1. The normalized spacial score (nSPS) is 11.2. The van der Waals surface area contributed by atoms with E-state index in [4.69, 9.17) is 0 Å². The van der Waals surface area contributed by atoms with Gasteiger partial charge in [0.15, 0.2) is 4.96 Å². The first-order valence-corrected chi connectivity index (χ1v) is 7.45. The van der Waals surface area contributed by atoms with Crippen LogP contribution in [0.15, 0.2) is 40.9 Å². The summed E-state index contributed by atoms with van der Waals surface area (Å²) < 4.78 is 1.68.